The molecule has 1 atom stereocenters. The summed E-state index contributed by atoms with van der Waals surface area (Å²) < 4.78 is 27.4. The number of rotatable bonds is 5. The molecule has 0 saturated carbocycles. The second-order valence-corrected chi connectivity index (χ2v) is 8.88. The van der Waals surface area contributed by atoms with Crippen LogP contribution in [0.15, 0.2) is 23.1 Å². The molecule has 0 amide bonds. The molecule has 1 unspecified atom stereocenters. The number of nitrogens with one attached hydrogen (secondary N) is 1. The molecule has 1 heterocycles. The Morgan fingerprint density at radius 1 is 1.48 bits per heavy atom. The van der Waals surface area contributed by atoms with Crippen molar-refractivity contribution in [1.29, 1.82) is 0 Å². The zero-order chi connectivity index (χ0) is 15.7. The smallest absolute Gasteiger partial charge is 0.335 e. The molecule has 2 rings (SSSR count). The van der Waals surface area contributed by atoms with Crippen LogP contribution >= 0.6 is 11.8 Å². The fourth-order valence-electron chi connectivity index (χ4n) is 2.44. The lowest BCUT2D eigenvalue weighted by molar-refractivity contribution is 0.0696. The molecule has 0 aliphatic carbocycles. The Balaban J connectivity index is 2.24. The molecule has 1 saturated heterocycles. The molecule has 1 aliphatic rings. The lowest BCUT2D eigenvalue weighted by Crippen LogP contribution is -2.37. The first kappa shape index (κ1) is 16.3. The lowest BCUT2D eigenvalue weighted by Gasteiger charge is -2.23. The number of carboxylic acids is 1. The van der Waals surface area contributed by atoms with Crippen molar-refractivity contribution in [3.63, 3.8) is 0 Å². The predicted molar refractivity (Wildman–Crippen MR) is 83.4 cm³/mol. The number of aromatic carboxylic acids is 1. The van der Waals surface area contributed by atoms with Gasteiger partial charge in [-0.1, -0.05) is 6.07 Å². The van der Waals surface area contributed by atoms with Crippen LogP contribution in [0.3, 0.4) is 0 Å². The van der Waals surface area contributed by atoms with E-state index in [-0.39, 0.29) is 20.8 Å². The molecule has 1 fully saturated rings. The molecule has 0 radical (unpaired) electrons. The fourth-order valence-corrected chi connectivity index (χ4v) is 5.21. The van der Waals surface area contributed by atoms with Crippen LogP contribution in [0, 0.1) is 6.92 Å². The predicted octanol–water partition coefficient (Wildman–Crippen LogP) is 2.26. The number of hydrogen-bond acceptors (Lipinski definition) is 4. The molecule has 2 N–H and O–H groups in total. The van der Waals surface area contributed by atoms with Crippen molar-refractivity contribution in [2.24, 2.45) is 0 Å². The molecule has 21 heavy (non-hydrogen) atoms. The van der Waals surface area contributed by atoms with Gasteiger partial charge in [0.05, 0.1) is 10.5 Å². The third-order valence-electron chi connectivity index (χ3n) is 3.74. The van der Waals surface area contributed by atoms with E-state index in [1.54, 1.807) is 11.8 Å². The molecule has 0 bridgehead atoms. The average Bonchev–Trinajstić information content (AvgIpc) is 2.84. The summed E-state index contributed by atoms with van der Waals surface area (Å²) in [6, 6.07) is 4.30. The Morgan fingerprint density at radius 3 is 2.76 bits per heavy atom. The van der Waals surface area contributed by atoms with Crippen LogP contribution in [0.2, 0.25) is 0 Å². The maximum atomic E-state index is 12.4. The van der Waals surface area contributed by atoms with E-state index in [0.29, 0.717) is 6.54 Å². The van der Waals surface area contributed by atoms with Crippen molar-refractivity contribution < 1.29 is 18.3 Å². The van der Waals surface area contributed by atoms with E-state index < -0.39 is 16.0 Å². The third kappa shape index (κ3) is 3.59. The molecule has 5 nitrogen and oxygen atoms in total. The van der Waals surface area contributed by atoms with Crippen LogP contribution in [0.25, 0.3) is 0 Å². The fraction of sp³-hybridized carbons (Fsp3) is 0.500. The second kappa shape index (κ2) is 5.98. The largest absolute Gasteiger partial charge is 0.478 e. The SMILES string of the molecule is Cc1c(C(=O)O)cccc1S(=O)(=O)NCC1(C)CCCS1. The quantitative estimate of drug-likeness (QED) is 0.866. The summed E-state index contributed by atoms with van der Waals surface area (Å²) in [5, 5.41) is 9.08. The van der Waals surface area contributed by atoms with Gasteiger partial charge in [-0.05, 0) is 50.1 Å². The maximum absolute atomic E-state index is 12.4. The average molecular weight is 329 g/mol. The highest BCUT2D eigenvalue weighted by molar-refractivity contribution is 8.01. The van der Waals surface area contributed by atoms with Crippen molar-refractivity contribution in [1.82, 2.24) is 4.72 Å². The number of sulfonamides is 1. The third-order valence-corrected chi connectivity index (χ3v) is 6.82. The second-order valence-electron chi connectivity index (χ2n) is 5.46. The van der Waals surface area contributed by atoms with Crippen LogP contribution in [0.4, 0.5) is 0 Å². The standard InChI is InChI=1S/C14H19NO4S2/c1-10-11(13(16)17)5-3-6-12(10)21(18,19)15-9-14(2)7-4-8-20-14/h3,5-6,15H,4,7-9H2,1-2H3,(H,16,17). The Hall–Kier alpha value is -1.05. The molecule has 0 spiro atoms. The lowest BCUT2D eigenvalue weighted by atomic mass is 10.1. The summed E-state index contributed by atoms with van der Waals surface area (Å²) in [6.45, 7) is 3.93. The van der Waals surface area contributed by atoms with Crippen molar-refractivity contribution in [2.75, 3.05) is 12.3 Å². The van der Waals surface area contributed by atoms with Crippen LogP contribution < -0.4 is 4.72 Å². The Kier molecular flexibility index (Phi) is 4.65. The van der Waals surface area contributed by atoms with E-state index in [1.807, 2.05) is 6.92 Å². The van der Waals surface area contributed by atoms with E-state index in [1.165, 1.54) is 25.1 Å². The van der Waals surface area contributed by atoms with Gasteiger partial charge < -0.3 is 5.11 Å². The van der Waals surface area contributed by atoms with Crippen molar-refractivity contribution in [3.05, 3.63) is 29.3 Å². The van der Waals surface area contributed by atoms with Gasteiger partial charge in [-0.3, -0.25) is 0 Å². The van der Waals surface area contributed by atoms with Gasteiger partial charge in [-0.2, -0.15) is 11.8 Å². The number of benzene rings is 1. The van der Waals surface area contributed by atoms with E-state index in [4.69, 9.17) is 5.11 Å². The monoisotopic (exact) mass is 329 g/mol. The van der Waals surface area contributed by atoms with E-state index in [9.17, 15) is 13.2 Å². The first-order chi connectivity index (χ1) is 9.75. The summed E-state index contributed by atoms with van der Waals surface area (Å²) in [4.78, 5) is 11.1. The number of hydrogen-bond donors (Lipinski definition) is 2. The zero-order valence-corrected chi connectivity index (χ0v) is 13.7. The summed E-state index contributed by atoms with van der Waals surface area (Å²) >= 11 is 1.77. The van der Waals surface area contributed by atoms with Gasteiger partial charge in [-0.15, -0.1) is 0 Å². The summed E-state index contributed by atoms with van der Waals surface area (Å²) in [5.41, 5.74) is 0.279. The van der Waals surface area contributed by atoms with Gasteiger partial charge in [0.25, 0.3) is 0 Å². The molecular formula is C14H19NO4S2. The van der Waals surface area contributed by atoms with Gasteiger partial charge in [0, 0.05) is 11.3 Å². The molecule has 0 aromatic heterocycles. The van der Waals surface area contributed by atoms with Crippen molar-refractivity contribution in [3.8, 4) is 0 Å². The van der Waals surface area contributed by atoms with Gasteiger partial charge in [0.15, 0.2) is 0 Å². The molecule has 116 valence electrons. The normalized spacial score (nSPS) is 22.4. The summed E-state index contributed by atoms with van der Waals surface area (Å²) in [5.74, 6) is -0.0750. The van der Waals surface area contributed by atoms with Crippen LogP contribution in [-0.2, 0) is 10.0 Å². The van der Waals surface area contributed by atoms with E-state index >= 15 is 0 Å². The molecular weight excluding hydrogens is 310 g/mol. The maximum Gasteiger partial charge on any atom is 0.335 e. The minimum absolute atomic E-state index is 0.0133. The number of carboxylic acid groups (broad SMARTS) is 1. The van der Waals surface area contributed by atoms with Gasteiger partial charge >= 0.3 is 5.97 Å². The minimum atomic E-state index is -3.70. The Bertz CT molecular complexity index is 649. The van der Waals surface area contributed by atoms with Crippen LogP contribution in [-0.4, -0.2) is 36.5 Å². The highest BCUT2D eigenvalue weighted by Gasteiger charge is 2.31. The highest BCUT2D eigenvalue weighted by Crippen LogP contribution is 2.37. The first-order valence-electron chi connectivity index (χ1n) is 6.72. The first-order valence-corrected chi connectivity index (χ1v) is 9.19. The highest BCUT2D eigenvalue weighted by atomic mass is 32.2. The number of carbonyl (C=O) groups is 1. The van der Waals surface area contributed by atoms with Crippen LogP contribution in [0.5, 0.6) is 0 Å². The van der Waals surface area contributed by atoms with Crippen molar-refractivity contribution in [2.45, 2.75) is 36.3 Å². The minimum Gasteiger partial charge on any atom is -0.478 e. The van der Waals surface area contributed by atoms with E-state index in [0.717, 1.165) is 18.6 Å². The topological polar surface area (TPSA) is 83.5 Å². The molecule has 7 heteroatoms. The van der Waals surface area contributed by atoms with Gasteiger partial charge in [0.1, 0.15) is 0 Å². The molecule has 1 aliphatic heterocycles. The summed E-state index contributed by atoms with van der Waals surface area (Å²) in [7, 11) is -3.70. The number of thioether (sulfide) groups is 1. The molecule has 1 aromatic rings. The molecule has 1 aromatic carbocycles. The Morgan fingerprint density at radius 2 is 2.19 bits per heavy atom. The van der Waals surface area contributed by atoms with E-state index in [2.05, 4.69) is 4.72 Å². The van der Waals surface area contributed by atoms with Crippen LogP contribution in [0.1, 0.15) is 35.7 Å². The van der Waals surface area contributed by atoms with Gasteiger partial charge in [-0.25, -0.2) is 17.9 Å². The van der Waals surface area contributed by atoms with Crippen molar-refractivity contribution >= 4 is 27.8 Å². The Labute approximate surface area is 129 Å². The zero-order valence-electron chi connectivity index (χ0n) is 12.0. The van der Waals surface area contributed by atoms with Gasteiger partial charge in [0.2, 0.25) is 10.0 Å². The summed E-state index contributed by atoms with van der Waals surface area (Å²) in [6.07, 6.45) is 2.07.